The number of ketones is 1. The third-order valence-electron chi connectivity index (χ3n) is 0.926. The summed E-state index contributed by atoms with van der Waals surface area (Å²) in [5, 5.41) is 0. The van der Waals surface area contributed by atoms with Crippen molar-refractivity contribution in [1.82, 2.24) is 0 Å². The number of carbonyl (C=O) groups excluding carboxylic acids is 1. The molecule has 0 fully saturated rings. The van der Waals surface area contributed by atoms with Gasteiger partial charge in [-0.1, -0.05) is 0 Å². The standard InChI is InChI=1S/C5H10O2/c1-4(6)5(2)7-3/h5H,1-3H3/t5-/m1/s1. The third kappa shape index (κ3) is 2.34. The summed E-state index contributed by atoms with van der Waals surface area (Å²) < 4.78 is 4.66. The van der Waals surface area contributed by atoms with Gasteiger partial charge in [-0.3, -0.25) is 4.79 Å². The van der Waals surface area contributed by atoms with Gasteiger partial charge in [0.15, 0.2) is 5.78 Å². The van der Waals surface area contributed by atoms with Gasteiger partial charge in [-0.25, -0.2) is 0 Å². The van der Waals surface area contributed by atoms with Crippen LogP contribution in [0.25, 0.3) is 0 Å². The summed E-state index contributed by atoms with van der Waals surface area (Å²) in [6, 6.07) is 0. The van der Waals surface area contributed by atoms with E-state index < -0.39 is 0 Å². The van der Waals surface area contributed by atoms with Crippen molar-refractivity contribution in [3.8, 4) is 0 Å². The zero-order chi connectivity index (χ0) is 5.86. The molecule has 42 valence electrons. The Morgan fingerprint density at radius 1 is 1.71 bits per heavy atom. The summed E-state index contributed by atoms with van der Waals surface area (Å²) in [7, 11) is 1.52. The second-order valence-electron chi connectivity index (χ2n) is 1.49. The maximum atomic E-state index is 10.2. The minimum atomic E-state index is -0.236. The van der Waals surface area contributed by atoms with Crippen molar-refractivity contribution in [1.29, 1.82) is 0 Å². The highest BCUT2D eigenvalue weighted by Gasteiger charge is 2.01. The number of hydrogen-bond donors (Lipinski definition) is 0. The first-order chi connectivity index (χ1) is 3.18. The van der Waals surface area contributed by atoms with Crippen LogP contribution in [0.15, 0.2) is 0 Å². The molecule has 0 unspecified atom stereocenters. The predicted molar refractivity (Wildman–Crippen MR) is 27.2 cm³/mol. The van der Waals surface area contributed by atoms with Crippen LogP contribution >= 0.6 is 0 Å². The molecule has 0 aromatic rings. The Bertz CT molecular complexity index is 68.5. The normalized spacial score (nSPS) is 13.6. The van der Waals surface area contributed by atoms with E-state index >= 15 is 0 Å². The van der Waals surface area contributed by atoms with Crippen molar-refractivity contribution in [2.75, 3.05) is 7.11 Å². The van der Waals surface area contributed by atoms with Crippen molar-refractivity contribution in [3.63, 3.8) is 0 Å². The van der Waals surface area contributed by atoms with E-state index in [4.69, 9.17) is 0 Å². The number of ether oxygens (including phenoxy) is 1. The first kappa shape index (κ1) is 6.63. The third-order valence-corrected chi connectivity index (χ3v) is 0.926. The molecule has 0 bridgehead atoms. The van der Waals surface area contributed by atoms with Crippen LogP contribution in [0.2, 0.25) is 0 Å². The molecule has 0 saturated heterocycles. The SMILES string of the molecule is CO[C@H](C)C(C)=O. The Labute approximate surface area is 43.5 Å². The van der Waals surface area contributed by atoms with E-state index in [0.29, 0.717) is 0 Å². The van der Waals surface area contributed by atoms with Crippen molar-refractivity contribution < 1.29 is 9.53 Å². The average Bonchev–Trinajstić information content (AvgIpc) is 1.65. The molecule has 2 heteroatoms. The summed E-state index contributed by atoms with van der Waals surface area (Å²) in [5.41, 5.74) is 0. The second kappa shape index (κ2) is 2.75. The first-order valence-electron chi connectivity index (χ1n) is 2.21. The maximum Gasteiger partial charge on any atom is 0.158 e. The Hall–Kier alpha value is -0.370. The van der Waals surface area contributed by atoms with E-state index in [-0.39, 0.29) is 11.9 Å². The number of Topliss-reactive ketones (excluding diaryl/α,β-unsaturated/α-hetero) is 1. The Balaban J connectivity index is 3.34. The summed E-state index contributed by atoms with van der Waals surface area (Å²) in [6.07, 6.45) is -0.236. The molecule has 0 aliphatic heterocycles. The van der Waals surface area contributed by atoms with E-state index in [0.717, 1.165) is 0 Å². The van der Waals surface area contributed by atoms with E-state index in [1.807, 2.05) is 0 Å². The van der Waals surface area contributed by atoms with Gasteiger partial charge < -0.3 is 4.74 Å². The molecule has 0 N–H and O–H groups in total. The Morgan fingerprint density at radius 3 is 2.14 bits per heavy atom. The fourth-order valence-electron chi connectivity index (χ4n) is 0.166. The van der Waals surface area contributed by atoms with E-state index in [1.54, 1.807) is 6.92 Å². The highest BCUT2D eigenvalue weighted by atomic mass is 16.5. The highest BCUT2D eigenvalue weighted by Crippen LogP contribution is 1.85. The van der Waals surface area contributed by atoms with Crippen LogP contribution < -0.4 is 0 Å². The quantitative estimate of drug-likeness (QED) is 0.510. The molecule has 0 rings (SSSR count). The van der Waals surface area contributed by atoms with Gasteiger partial charge in [0, 0.05) is 7.11 Å². The maximum absolute atomic E-state index is 10.2. The van der Waals surface area contributed by atoms with Crippen molar-refractivity contribution in [3.05, 3.63) is 0 Å². The van der Waals surface area contributed by atoms with Gasteiger partial charge in [0.05, 0.1) is 0 Å². The minimum absolute atomic E-state index is 0.0718. The summed E-state index contributed by atoms with van der Waals surface area (Å²) >= 11 is 0. The molecule has 7 heavy (non-hydrogen) atoms. The largest absolute Gasteiger partial charge is 0.374 e. The number of methoxy groups -OCH3 is 1. The number of carbonyl (C=O) groups is 1. The predicted octanol–water partition coefficient (Wildman–Crippen LogP) is 0.610. The molecule has 2 nitrogen and oxygen atoms in total. The van der Waals surface area contributed by atoms with Crippen LogP contribution in [0.3, 0.4) is 0 Å². The van der Waals surface area contributed by atoms with Gasteiger partial charge in [-0.15, -0.1) is 0 Å². The molecule has 0 amide bonds. The lowest BCUT2D eigenvalue weighted by Gasteiger charge is -2.00. The van der Waals surface area contributed by atoms with Crippen LogP contribution in [0.5, 0.6) is 0 Å². The molecule has 0 aromatic carbocycles. The fourth-order valence-corrected chi connectivity index (χ4v) is 0.166. The van der Waals surface area contributed by atoms with Gasteiger partial charge in [0.25, 0.3) is 0 Å². The van der Waals surface area contributed by atoms with E-state index in [1.165, 1.54) is 14.0 Å². The lowest BCUT2D eigenvalue weighted by atomic mass is 10.3. The van der Waals surface area contributed by atoms with Gasteiger partial charge in [-0.05, 0) is 13.8 Å². The van der Waals surface area contributed by atoms with Crippen LogP contribution in [-0.2, 0) is 9.53 Å². The Morgan fingerprint density at radius 2 is 2.14 bits per heavy atom. The molecule has 1 atom stereocenters. The fraction of sp³-hybridized carbons (Fsp3) is 0.800. The van der Waals surface area contributed by atoms with E-state index in [2.05, 4.69) is 4.74 Å². The summed E-state index contributed by atoms with van der Waals surface area (Å²) in [4.78, 5) is 10.2. The first-order valence-corrected chi connectivity index (χ1v) is 2.21. The molecule has 0 radical (unpaired) electrons. The number of hydrogen-bond acceptors (Lipinski definition) is 2. The smallest absolute Gasteiger partial charge is 0.158 e. The molecule has 0 aromatic heterocycles. The van der Waals surface area contributed by atoms with Gasteiger partial charge in [-0.2, -0.15) is 0 Å². The molecule has 0 aliphatic carbocycles. The minimum Gasteiger partial charge on any atom is -0.374 e. The molecular weight excluding hydrogens is 92.1 g/mol. The van der Waals surface area contributed by atoms with Gasteiger partial charge >= 0.3 is 0 Å². The lowest BCUT2D eigenvalue weighted by Crippen LogP contribution is -2.14. The van der Waals surface area contributed by atoms with Crippen molar-refractivity contribution >= 4 is 5.78 Å². The molecule has 0 aliphatic rings. The average molecular weight is 102 g/mol. The van der Waals surface area contributed by atoms with Crippen molar-refractivity contribution in [2.45, 2.75) is 20.0 Å². The van der Waals surface area contributed by atoms with Crippen LogP contribution in [0, 0.1) is 0 Å². The topological polar surface area (TPSA) is 26.3 Å². The van der Waals surface area contributed by atoms with Crippen molar-refractivity contribution in [2.24, 2.45) is 0 Å². The van der Waals surface area contributed by atoms with Crippen LogP contribution in [-0.4, -0.2) is 19.0 Å². The Kier molecular flexibility index (Phi) is 2.60. The summed E-state index contributed by atoms with van der Waals surface area (Å²) in [5.74, 6) is 0.0718. The molecule has 0 saturated carbocycles. The van der Waals surface area contributed by atoms with Gasteiger partial charge in [0.2, 0.25) is 0 Å². The highest BCUT2D eigenvalue weighted by molar-refractivity contribution is 5.79. The summed E-state index contributed by atoms with van der Waals surface area (Å²) in [6.45, 7) is 3.23. The zero-order valence-electron chi connectivity index (χ0n) is 4.89. The number of rotatable bonds is 2. The molecule has 0 heterocycles. The van der Waals surface area contributed by atoms with Crippen LogP contribution in [0.1, 0.15) is 13.8 Å². The van der Waals surface area contributed by atoms with E-state index in [9.17, 15) is 4.79 Å². The molecular formula is C5H10O2. The van der Waals surface area contributed by atoms with Gasteiger partial charge in [0.1, 0.15) is 6.10 Å². The monoisotopic (exact) mass is 102 g/mol. The second-order valence-corrected chi connectivity index (χ2v) is 1.49. The zero-order valence-corrected chi connectivity index (χ0v) is 4.89. The van der Waals surface area contributed by atoms with Crippen LogP contribution in [0.4, 0.5) is 0 Å². The lowest BCUT2D eigenvalue weighted by molar-refractivity contribution is -0.125. The molecule has 0 spiro atoms.